The highest BCUT2D eigenvalue weighted by atomic mass is 79.9. The molecular formula is C28H36BrClN8O3S. The lowest BCUT2D eigenvalue weighted by Gasteiger charge is -2.45. The van der Waals surface area contributed by atoms with Gasteiger partial charge in [0.15, 0.2) is 0 Å². The highest BCUT2D eigenvalue weighted by Crippen LogP contribution is 2.46. The Kier molecular flexibility index (Phi) is 7.76. The van der Waals surface area contributed by atoms with E-state index < -0.39 is 5.60 Å². The van der Waals surface area contributed by atoms with Crippen LogP contribution in [0.3, 0.4) is 0 Å². The van der Waals surface area contributed by atoms with Crippen LogP contribution in [-0.4, -0.2) is 89.8 Å². The van der Waals surface area contributed by atoms with Crippen LogP contribution in [0, 0.1) is 6.92 Å². The molecule has 1 amide bonds. The molecule has 3 atom stereocenters. The molecule has 0 aliphatic carbocycles. The maximum absolute atomic E-state index is 13.9. The van der Waals surface area contributed by atoms with Gasteiger partial charge in [0.1, 0.15) is 23.1 Å². The number of rotatable bonds is 3. The normalized spacial score (nSPS) is 22.9. The highest BCUT2D eigenvalue weighted by molar-refractivity contribution is 9.10. The van der Waals surface area contributed by atoms with Crippen molar-refractivity contribution in [3.63, 3.8) is 0 Å². The first-order valence-electron chi connectivity index (χ1n) is 14.3. The van der Waals surface area contributed by atoms with Crippen LogP contribution in [0.25, 0.3) is 10.9 Å². The number of carbonyl (C=O) groups is 1. The second-order valence-electron chi connectivity index (χ2n) is 12.5. The van der Waals surface area contributed by atoms with Gasteiger partial charge in [-0.2, -0.15) is 4.98 Å². The van der Waals surface area contributed by atoms with Crippen LogP contribution in [0.5, 0.6) is 0 Å². The fourth-order valence-corrected chi connectivity index (χ4v) is 8.29. The van der Waals surface area contributed by atoms with Crippen molar-refractivity contribution >= 4 is 62.1 Å². The van der Waals surface area contributed by atoms with Crippen LogP contribution in [0.4, 0.5) is 10.6 Å². The summed E-state index contributed by atoms with van der Waals surface area (Å²) in [6, 6.07) is 1.62. The summed E-state index contributed by atoms with van der Waals surface area (Å²) >= 11 is 12.2. The number of benzene rings is 1. The first kappa shape index (κ1) is 29.7. The second-order valence-corrected chi connectivity index (χ2v) is 14.7. The number of ether oxygens (including phenoxy) is 1. The average Bonchev–Trinajstić information content (AvgIpc) is 3.28. The molecule has 3 aliphatic heterocycles. The van der Waals surface area contributed by atoms with Crippen molar-refractivity contribution in [2.45, 2.75) is 83.3 Å². The average molecular weight is 680 g/mol. The summed E-state index contributed by atoms with van der Waals surface area (Å²) < 4.78 is 10.5. The van der Waals surface area contributed by atoms with Gasteiger partial charge in [-0.1, -0.05) is 11.6 Å². The highest BCUT2D eigenvalue weighted by Gasteiger charge is 2.38. The van der Waals surface area contributed by atoms with Crippen LogP contribution in [0.1, 0.15) is 52.3 Å². The van der Waals surface area contributed by atoms with Crippen LogP contribution < -0.4 is 10.6 Å². The largest absolute Gasteiger partial charge is 0.444 e. The lowest BCUT2D eigenvalue weighted by atomic mass is 10.1. The zero-order chi connectivity index (χ0) is 30.1. The van der Waals surface area contributed by atoms with Crippen molar-refractivity contribution < 1.29 is 9.53 Å². The molecule has 14 heteroatoms. The van der Waals surface area contributed by atoms with E-state index in [-0.39, 0.29) is 29.9 Å². The lowest BCUT2D eigenvalue weighted by molar-refractivity contribution is 0.0130. The number of hydrogen-bond donors (Lipinski definition) is 0. The zero-order valence-corrected chi connectivity index (χ0v) is 27.9. The number of amides is 1. The van der Waals surface area contributed by atoms with Gasteiger partial charge in [-0.15, -0.1) is 22.0 Å². The summed E-state index contributed by atoms with van der Waals surface area (Å²) in [5.74, 6) is 3.22. The number of aromatic nitrogens is 5. The number of aryl methyl sites for hydroxylation is 1. The smallest absolute Gasteiger partial charge is 0.410 e. The predicted octanol–water partition coefficient (Wildman–Crippen LogP) is 4.71. The minimum Gasteiger partial charge on any atom is -0.444 e. The van der Waals surface area contributed by atoms with E-state index in [0.29, 0.717) is 37.0 Å². The molecule has 0 radical (unpaired) electrons. The molecule has 0 N–H and O–H groups in total. The van der Waals surface area contributed by atoms with Gasteiger partial charge < -0.3 is 19.1 Å². The number of piperazine rings is 1. The molecule has 0 spiro atoms. The van der Waals surface area contributed by atoms with E-state index in [2.05, 4.69) is 40.5 Å². The lowest BCUT2D eigenvalue weighted by Crippen LogP contribution is -2.59. The monoisotopic (exact) mass is 678 g/mol. The number of thioether (sulfide) groups is 1. The van der Waals surface area contributed by atoms with Crippen LogP contribution in [-0.2, 0) is 17.8 Å². The number of nitrogens with zero attached hydrogens (tertiary/aromatic N) is 8. The van der Waals surface area contributed by atoms with Crippen LogP contribution in [0.15, 0.2) is 20.2 Å². The third kappa shape index (κ3) is 5.30. The SMILES string of the molecule is Cc1nnc2n1CCN(C[C@H]1CSc3c(Br)c(Cl)cc4c(N5C[C@@H](C)N(C(=O)OC(C)(C)C)C[C@@H]5C)nc(=O)n1c34)C2. The topological polar surface area (TPSA) is 102 Å². The Balaban J connectivity index is 1.35. The Labute approximate surface area is 262 Å². The number of anilines is 1. The number of halogens is 2. The van der Waals surface area contributed by atoms with Crippen molar-refractivity contribution in [2.24, 2.45) is 0 Å². The van der Waals surface area contributed by atoms with Crippen LogP contribution in [0.2, 0.25) is 5.02 Å². The summed E-state index contributed by atoms with van der Waals surface area (Å²) in [7, 11) is 0. The Hall–Kier alpha value is -2.35. The Morgan fingerprint density at radius 2 is 1.95 bits per heavy atom. The van der Waals surface area contributed by atoms with Crippen molar-refractivity contribution in [3.05, 3.63) is 37.7 Å². The quantitative estimate of drug-likeness (QED) is 0.390. The van der Waals surface area contributed by atoms with E-state index in [1.165, 1.54) is 0 Å². The molecule has 3 aromatic rings. The minimum atomic E-state index is -0.577. The fraction of sp³-hybridized carbons (Fsp3) is 0.607. The molecule has 42 heavy (non-hydrogen) atoms. The number of hydrogen-bond acceptors (Lipinski definition) is 9. The Bertz CT molecular complexity index is 1620. The third-order valence-corrected chi connectivity index (χ3v) is 11.0. The molecule has 1 fully saturated rings. The fourth-order valence-electron chi connectivity index (χ4n) is 6.18. The first-order valence-corrected chi connectivity index (χ1v) is 16.4. The van der Waals surface area contributed by atoms with E-state index >= 15 is 0 Å². The number of carbonyl (C=O) groups excluding carboxylic acids is 1. The van der Waals surface area contributed by atoms with Crippen molar-refractivity contribution in [2.75, 3.05) is 36.8 Å². The molecular weight excluding hydrogens is 644 g/mol. The van der Waals surface area contributed by atoms with Gasteiger partial charge in [0.05, 0.1) is 27.6 Å². The van der Waals surface area contributed by atoms with E-state index in [1.807, 2.05) is 52.2 Å². The van der Waals surface area contributed by atoms with E-state index in [9.17, 15) is 9.59 Å². The van der Waals surface area contributed by atoms with E-state index in [0.717, 1.165) is 50.8 Å². The maximum Gasteiger partial charge on any atom is 0.410 e. The van der Waals surface area contributed by atoms with Crippen molar-refractivity contribution in [3.8, 4) is 0 Å². The standard InChI is InChI=1S/C28H36BrClN8O3S/c1-15-11-37(27(40)41-28(4,5)6)16(2)10-36(15)25-19-9-20(30)22(29)24-23(19)38(26(39)31-25)18(14-42-24)12-34-7-8-35-17(3)32-33-21(35)13-34/h9,15-16,18H,7-8,10-14H2,1-6H3/t15-,16+,18-/m0/s1. The van der Waals surface area contributed by atoms with Gasteiger partial charge in [0.25, 0.3) is 0 Å². The Morgan fingerprint density at radius 1 is 1.19 bits per heavy atom. The summed E-state index contributed by atoms with van der Waals surface area (Å²) in [5.41, 5.74) is 0.00369. The molecule has 6 rings (SSSR count). The van der Waals surface area contributed by atoms with Crippen molar-refractivity contribution in [1.82, 2.24) is 34.1 Å². The molecule has 11 nitrogen and oxygen atoms in total. The van der Waals surface area contributed by atoms with Crippen LogP contribution >= 0.6 is 39.3 Å². The summed E-state index contributed by atoms with van der Waals surface area (Å²) in [6.07, 6.45) is -0.330. The van der Waals surface area contributed by atoms with Gasteiger partial charge in [-0.25, -0.2) is 9.59 Å². The molecule has 1 aromatic carbocycles. The summed E-state index contributed by atoms with van der Waals surface area (Å²) in [4.78, 5) is 38.8. The predicted molar refractivity (Wildman–Crippen MR) is 168 cm³/mol. The van der Waals surface area contributed by atoms with Gasteiger partial charge in [0, 0.05) is 60.8 Å². The first-order chi connectivity index (χ1) is 19.8. The third-order valence-electron chi connectivity index (χ3n) is 8.20. The molecule has 0 unspecified atom stereocenters. The molecule has 2 aromatic heterocycles. The maximum atomic E-state index is 13.9. The minimum absolute atomic E-state index is 0.0666. The molecule has 5 heterocycles. The molecule has 0 bridgehead atoms. The van der Waals surface area contributed by atoms with Gasteiger partial charge in [-0.3, -0.25) is 9.47 Å². The summed E-state index contributed by atoms with van der Waals surface area (Å²) in [5, 5.41) is 10.0. The van der Waals surface area contributed by atoms with E-state index in [1.54, 1.807) is 16.7 Å². The Morgan fingerprint density at radius 3 is 2.69 bits per heavy atom. The van der Waals surface area contributed by atoms with Gasteiger partial charge in [0.2, 0.25) is 0 Å². The number of fused-ring (bicyclic) bond motifs is 1. The summed E-state index contributed by atoms with van der Waals surface area (Å²) in [6.45, 7) is 15.7. The van der Waals surface area contributed by atoms with Gasteiger partial charge in [-0.05, 0) is 63.5 Å². The van der Waals surface area contributed by atoms with Gasteiger partial charge >= 0.3 is 11.8 Å². The molecule has 1 saturated heterocycles. The molecule has 0 saturated carbocycles. The second kappa shape index (κ2) is 11.0. The van der Waals surface area contributed by atoms with E-state index in [4.69, 9.17) is 21.3 Å². The molecule has 3 aliphatic rings. The molecule has 226 valence electrons. The zero-order valence-electron chi connectivity index (χ0n) is 24.7. The van der Waals surface area contributed by atoms with Crippen molar-refractivity contribution in [1.29, 1.82) is 0 Å².